The van der Waals surface area contributed by atoms with E-state index in [9.17, 15) is 10.1 Å². The van der Waals surface area contributed by atoms with Gasteiger partial charge in [0.2, 0.25) is 0 Å². The van der Waals surface area contributed by atoms with E-state index in [4.69, 9.17) is 11.6 Å². The van der Waals surface area contributed by atoms with Crippen molar-refractivity contribution in [1.29, 1.82) is 5.26 Å². The molecule has 3 rings (SSSR count). The lowest BCUT2D eigenvalue weighted by Gasteiger charge is -2.15. The third-order valence-corrected chi connectivity index (χ3v) is 4.66. The van der Waals surface area contributed by atoms with Crippen molar-refractivity contribution in [2.45, 2.75) is 26.2 Å². The second-order valence-corrected chi connectivity index (χ2v) is 7.48. The highest BCUT2D eigenvalue weighted by molar-refractivity contribution is 6.30. The molecular formula is C22H19ClN4O. The largest absolute Gasteiger partial charge is 0.322 e. The number of anilines is 1. The SMILES string of the molecule is Cc1ccc(NC(=O)c2ccnc(C(C)(C)C#N)c2)cc1-c1cncc(Cl)c1. The summed E-state index contributed by atoms with van der Waals surface area (Å²) in [7, 11) is 0. The van der Waals surface area contributed by atoms with Gasteiger partial charge in [0.1, 0.15) is 0 Å². The van der Waals surface area contributed by atoms with E-state index in [0.29, 0.717) is 22.0 Å². The highest BCUT2D eigenvalue weighted by atomic mass is 35.5. The third kappa shape index (κ3) is 4.19. The highest BCUT2D eigenvalue weighted by Gasteiger charge is 2.22. The van der Waals surface area contributed by atoms with Crippen LogP contribution in [0.1, 0.15) is 35.5 Å². The molecule has 28 heavy (non-hydrogen) atoms. The van der Waals surface area contributed by atoms with Crippen LogP contribution in [0.2, 0.25) is 5.02 Å². The van der Waals surface area contributed by atoms with Gasteiger partial charge in [0, 0.05) is 35.4 Å². The minimum atomic E-state index is -0.771. The van der Waals surface area contributed by atoms with Crippen LogP contribution in [0.3, 0.4) is 0 Å². The van der Waals surface area contributed by atoms with Gasteiger partial charge in [-0.15, -0.1) is 0 Å². The quantitative estimate of drug-likeness (QED) is 0.667. The molecule has 1 amide bonds. The Kier molecular flexibility index (Phi) is 5.43. The number of nitriles is 1. The van der Waals surface area contributed by atoms with Crippen LogP contribution >= 0.6 is 11.6 Å². The van der Waals surface area contributed by atoms with Gasteiger partial charge in [-0.2, -0.15) is 5.26 Å². The van der Waals surface area contributed by atoms with Crippen LogP contribution in [0.15, 0.2) is 55.0 Å². The molecule has 140 valence electrons. The van der Waals surface area contributed by atoms with Gasteiger partial charge < -0.3 is 5.32 Å². The molecule has 0 aliphatic rings. The summed E-state index contributed by atoms with van der Waals surface area (Å²) in [6, 6.07) is 13.0. The molecular weight excluding hydrogens is 372 g/mol. The molecule has 2 aromatic heterocycles. The number of aryl methyl sites for hydroxylation is 1. The van der Waals surface area contributed by atoms with E-state index >= 15 is 0 Å². The van der Waals surface area contributed by atoms with Crippen LogP contribution in [0, 0.1) is 18.3 Å². The molecule has 0 bridgehead atoms. The zero-order chi connectivity index (χ0) is 20.3. The molecule has 6 heteroatoms. The molecule has 0 atom stereocenters. The maximum atomic E-state index is 12.7. The molecule has 0 radical (unpaired) electrons. The Morgan fingerprint density at radius 1 is 1.18 bits per heavy atom. The zero-order valence-corrected chi connectivity index (χ0v) is 16.6. The average Bonchev–Trinajstić information content (AvgIpc) is 2.69. The molecule has 0 unspecified atom stereocenters. The van der Waals surface area contributed by atoms with Crippen LogP contribution in [0.25, 0.3) is 11.1 Å². The number of nitrogens with zero attached hydrogens (tertiary/aromatic N) is 3. The molecule has 1 N–H and O–H groups in total. The van der Waals surface area contributed by atoms with E-state index in [1.54, 1.807) is 44.6 Å². The maximum absolute atomic E-state index is 12.7. The number of carbonyl (C=O) groups excluding carboxylic acids is 1. The van der Waals surface area contributed by atoms with Gasteiger partial charge in [-0.1, -0.05) is 17.7 Å². The fraction of sp³-hybridized carbons (Fsp3) is 0.182. The van der Waals surface area contributed by atoms with Crippen molar-refractivity contribution in [2.75, 3.05) is 5.32 Å². The fourth-order valence-electron chi connectivity index (χ4n) is 2.74. The van der Waals surface area contributed by atoms with E-state index in [1.807, 2.05) is 31.2 Å². The molecule has 0 aliphatic heterocycles. The minimum absolute atomic E-state index is 0.267. The van der Waals surface area contributed by atoms with Crippen molar-refractivity contribution >= 4 is 23.2 Å². The Hall–Kier alpha value is -3.23. The number of hydrogen-bond acceptors (Lipinski definition) is 4. The Morgan fingerprint density at radius 3 is 2.68 bits per heavy atom. The number of pyridine rings is 2. The molecule has 0 aliphatic carbocycles. The normalized spacial score (nSPS) is 11.0. The first-order valence-electron chi connectivity index (χ1n) is 8.71. The van der Waals surface area contributed by atoms with Gasteiger partial charge in [0.15, 0.2) is 0 Å². The lowest BCUT2D eigenvalue weighted by molar-refractivity contribution is 0.102. The molecule has 0 spiro atoms. The molecule has 5 nitrogen and oxygen atoms in total. The average molecular weight is 391 g/mol. The second kappa shape index (κ2) is 7.79. The second-order valence-electron chi connectivity index (χ2n) is 7.04. The third-order valence-electron chi connectivity index (χ3n) is 4.45. The molecule has 3 aromatic rings. The Bertz CT molecular complexity index is 1090. The molecule has 0 fully saturated rings. The van der Waals surface area contributed by atoms with Gasteiger partial charge in [-0.05, 0) is 62.2 Å². The Morgan fingerprint density at radius 2 is 1.96 bits per heavy atom. The number of benzene rings is 1. The number of nitrogens with one attached hydrogen (secondary N) is 1. The standard InChI is InChI=1S/C22H19ClN4O/c1-14-4-5-18(10-19(14)16-8-17(23)12-25-11-16)27-21(28)15-6-7-26-20(9-15)22(2,3)13-24/h4-12H,1-3H3,(H,27,28). The van der Waals surface area contributed by atoms with Crippen molar-refractivity contribution in [3.05, 3.63) is 76.8 Å². The van der Waals surface area contributed by atoms with Crippen LogP contribution in [-0.2, 0) is 5.41 Å². The van der Waals surface area contributed by atoms with E-state index in [2.05, 4.69) is 21.4 Å². The van der Waals surface area contributed by atoms with Crippen molar-refractivity contribution < 1.29 is 4.79 Å². The Labute approximate surface area is 169 Å². The lowest BCUT2D eigenvalue weighted by Crippen LogP contribution is -2.18. The summed E-state index contributed by atoms with van der Waals surface area (Å²) in [6.45, 7) is 5.52. The van der Waals surface area contributed by atoms with Crippen LogP contribution < -0.4 is 5.32 Å². The zero-order valence-electron chi connectivity index (χ0n) is 15.8. The van der Waals surface area contributed by atoms with Gasteiger partial charge in [0.25, 0.3) is 5.91 Å². The molecule has 0 saturated heterocycles. The van der Waals surface area contributed by atoms with Gasteiger partial charge in [0.05, 0.1) is 22.2 Å². The van der Waals surface area contributed by atoms with Crippen LogP contribution in [-0.4, -0.2) is 15.9 Å². The van der Waals surface area contributed by atoms with Crippen molar-refractivity contribution in [3.8, 4) is 17.2 Å². The smallest absolute Gasteiger partial charge is 0.255 e. The topological polar surface area (TPSA) is 78.7 Å². The van der Waals surface area contributed by atoms with E-state index in [1.165, 1.54) is 0 Å². The number of halogens is 1. The summed E-state index contributed by atoms with van der Waals surface area (Å²) in [4.78, 5) is 21.1. The van der Waals surface area contributed by atoms with Crippen molar-refractivity contribution in [2.24, 2.45) is 0 Å². The number of carbonyl (C=O) groups is 1. The maximum Gasteiger partial charge on any atom is 0.255 e. The summed E-state index contributed by atoms with van der Waals surface area (Å²) in [5.74, 6) is -0.267. The Balaban J connectivity index is 1.89. The monoisotopic (exact) mass is 390 g/mol. The summed E-state index contributed by atoms with van der Waals surface area (Å²) in [5.41, 5.74) is 3.74. The predicted molar refractivity (Wildman–Crippen MR) is 110 cm³/mol. The summed E-state index contributed by atoms with van der Waals surface area (Å²) < 4.78 is 0. The van der Waals surface area contributed by atoms with Gasteiger partial charge >= 0.3 is 0 Å². The summed E-state index contributed by atoms with van der Waals surface area (Å²) in [5, 5.41) is 12.7. The number of rotatable bonds is 4. The lowest BCUT2D eigenvalue weighted by atomic mass is 9.90. The van der Waals surface area contributed by atoms with Crippen molar-refractivity contribution in [3.63, 3.8) is 0 Å². The van der Waals surface area contributed by atoms with Crippen LogP contribution in [0.5, 0.6) is 0 Å². The molecule has 2 heterocycles. The fourth-order valence-corrected chi connectivity index (χ4v) is 2.92. The summed E-state index contributed by atoms with van der Waals surface area (Å²) in [6.07, 6.45) is 4.86. The number of aromatic nitrogens is 2. The van der Waals surface area contributed by atoms with Crippen molar-refractivity contribution in [1.82, 2.24) is 9.97 Å². The first-order valence-corrected chi connectivity index (χ1v) is 9.08. The predicted octanol–water partition coefficient (Wildman–Crippen LogP) is 5.16. The van der Waals surface area contributed by atoms with Gasteiger partial charge in [-0.3, -0.25) is 14.8 Å². The molecule has 1 aromatic carbocycles. The van der Waals surface area contributed by atoms with Gasteiger partial charge in [-0.25, -0.2) is 0 Å². The summed E-state index contributed by atoms with van der Waals surface area (Å²) >= 11 is 6.05. The van der Waals surface area contributed by atoms with E-state index in [-0.39, 0.29) is 5.91 Å². The van der Waals surface area contributed by atoms with E-state index < -0.39 is 5.41 Å². The van der Waals surface area contributed by atoms with Crippen LogP contribution in [0.4, 0.5) is 5.69 Å². The number of hydrogen-bond donors (Lipinski definition) is 1. The highest BCUT2D eigenvalue weighted by Crippen LogP contribution is 2.28. The minimum Gasteiger partial charge on any atom is -0.322 e. The first kappa shape index (κ1) is 19.5. The van der Waals surface area contributed by atoms with E-state index in [0.717, 1.165) is 16.7 Å². The molecule has 0 saturated carbocycles. The first-order chi connectivity index (χ1) is 13.3. The number of amides is 1.